The first kappa shape index (κ1) is 19.3. The highest BCUT2D eigenvalue weighted by Gasteiger charge is 2.24. The van der Waals surface area contributed by atoms with Crippen LogP contribution in [0.4, 0.5) is 5.69 Å². The number of amides is 1. The van der Waals surface area contributed by atoms with Gasteiger partial charge in [-0.2, -0.15) is 13.5 Å². The van der Waals surface area contributed by atoms with Crippen molar-refractivity contribution in [1.29, 1.82) is 0 Å². The third-order valence-corrected chi connectivity index (χ3v) is 3.40. The molecule has 0 saturated carbocycles. The fourth-order valence-electron chi connectivity index (χ4n) is 2.32. The maximum absolute atomic E-state index is 12.2. The van der Waals surface area contributed by atoms with Crippen LogP contribution in [0.3, 0.4) is 0 Å². The van der Waals surface area contributed by atoms with E-state index in [1.54, 1.807) is 12.0 Å². The number of ether oxygens (including phenoxy) is 1. The number of anilines is 1. The average Bonchev–Trinajstić information content (AvgIpc) is 2.40. The van der Waals surface area contributed by atoms with E-state index in [1.807, 2.05) is 26.0 Å². The van der Waals surface area contributed by atoms with Crippen molar-refractivity contribution in [1.82, 2.24) is 0 Å². The molecular formula is C15H24ClNO2S. The quantitative estimate of drug-likeness (QED) is 0.754. The zero-order valence-electron chi connectivity index (χ0n) is 12.6. The van der Waals surface area contributed by atoms with Crippen LogP contribution < -0.4 is 4.90 Å². The van der Waals surface area contributed by atoms with E-state index >= 15 is 0 Å². The van der Waals surface area contributed by atoms with Crippen molar-refractivity contribution < 1.29 is 9.53 Å². The van der Waals surface area contributed by atoms with Gasteiger partial charge in [0.05, 0.1) is 18.3 Å². The van der Waals surface area contributed by atoms with Crippen LogP contribution in [0, 0.1) is 6.92 Å². The summed E-state index contributed by atoms with van der Waals surface area (Å²) in [6.45, 7) is 6.56. The number of hydrogen-bond acceptors (Lipinski definition) is 2. The molecule has 0 heterocycles. The number of nitrogens with zero attached hydrogens (tertiary/aromatic N) is 1. The number of aryl methyl sites for hydroxylation is 2. The van der Waals surface area contributed by atoms with Crippen LogP contribution in [-0.2, 0) is 16.0 Å². The number of carbonyl (C=O) groups excluding carboxylic acids is 1. The van der Waals surface area contributed by atoms with Crippen LogP contribution >= 0.6 is 25.1 Å². The first-order valence-corrected chi connectivity index (χ1v) is 7.05. The highest BCUT2D eigenvalue weighted by atomic mass is 35.5. The lowest BCUT2D eigenvalue weighted by molar-refractivity contribution is -0.116. The van der Waals surface area contributed by atoms with Crippen LogP contribution in [0.15, 0.2) is 18.2 Å². The van der Waals surface area contributed by atoms with Crippen LogP contribution in [0.25, 0.3) is 0 Å². The van der Waals surface area contributed by atoms with Crippen molar-refractivity contribution in [2.45, 2.75) is 33.2 Å². The third kappa shape index (κ3) is 4.40. The van der Waals surface area contributed by atoms with Gasteiger partial charge in [-0.1, -0.05) is 25.1 Å². The van der Waals surface area contributed by atoms with Gasteiger partial charge in [0.2, 0.25) is 5.91 Å². The molecule has 0 radical (unpaired) electrons. The summed E-state index contributed by atoms with van der Waals surface area (Å²) in [6, 6.07) is 6.05. The van der Waals surface area contributed by atoms with E-state index in [4.69, 9.17) is 16.3 Å². The third-order valence-electron chi connectivity index (χ3n) is 3.17. The van der Waals surface area contributed by atoms with Crippen LogP contribution in [0.1, 0.15) is 25.0 Å². The van der Waals surface area contributed by atoms with Crippen molar-refractivity contribution in [2.24, 2.45) is 0 Å². The molecule has 0 saturated heterocycles. The number of halogens is 1. The highest BCUT2D eigenvalue weighted by molar-refractivity contribution is 7.59. The van der Waals surface area contributed by atoms with E-state index in [1.165, 1.54) is 0 Å². The summed E-state index contributed by atoms with van der Waals surface area (Å²) in [7, 11) is 1.64. The minimum absolute atomic E-state index is 0. The number of alkyl halides is 1. The van der Waals surface area contributed by atoms with E-state index in [9.17, 15) is 4.79 Å². The number of hydrogen-bond donors (Lipinski definition) is 0. The second-order valence-electron chi connectivity index (χ2n) is 4.64. The van der Waals surface area contributed by atoms with E-state index in [0.29, 0.717) is 6.61 Å². The van der Waals surface area contributed by atoms with Gasteiger partial charge in [-0.15, -0.1) is 11.6 Å². The molecule has 0 fully saturated rings. The minimum atomic E-state index is -0.0878. The van der Waals surface area contributed by atoms with Gasteiger partial charge in [-0.3, -0.25) is 4.79 Å². The van der Waals surface area contributed by atoms with Gasteiger partial charge in [-0.25, -0.2) is 0 Å². The SMILES string of the molecule is CCc1cccc(C)c1N(C(=O)CCl)[C@@H](C)COC.S. The highest BCUT2D eigenvalue weighted by Crippen LogP contribution is 2.28. The zero-order valence-corrected chi connectivity index (χ0v) is 14.3. The van der Waals surface area contributed by atoms with Crippen molar-refractivity contribution in [3.63, 3.8) is 0 Å². The first-order valence-electron chi connectivity index (χ1n) is 6.52. The molecule has 1 aromatic rings. The van der Waals surface area contributed by atoms with Gasteiger partial charge in [0, 0.05) is 7.11 Å². The second kappa shape index (κ2) is 9.27. The molecule has 0 aromatic heterocycles. The van der Waals surface area contributed by atoms with Gasteiger partial charge in [0.15, 0.2) is 0 Å². The smallest absolute Gasteiger partial charge is 0.242 e. The second-order valence-corrected chi connectivity index (χ2v) is 4.91. The van der Waals surface area contributed by atoms with Crippen molar-refractivity contribution in [3.8, 4) is 0 Å². The fourth-order valence-corrected chi connectivity index (χ4v) is 2.45. The van der Waals surface area contributed by atoms with Gasteiger partial charge < -0.3 is 9.64 Å². The van der Waals surface area contributed by atoms with E-state index in [2.05, 4.69) is 13.0 Å². The largest absolute Gasteiger partial charge is 0.383 e. The van der Waals surface area contributed by atoms with Crippen LogP contribution in [0.2, 0.25) is 0 Å². The summed E-state index contributed by atoms with van der Waals surface area (Å²) >= 11 is 5.76. The predicted octanol–water partition coefficient (Wildman–Crippen LogP) is 3.28. The van der Waals surface area contributed by atoms with Gasteiger partial charge in [-0.05, 0) is 31.4 Å². The predicted molar refractivity (Wildman–Crippen MR) is 90.5 cm³/mol. The maximum atomic E-state index is 12.2. The van der Waals surface area contributed by atoms with Crippen LogP contribution in [0.5, 0.6) is 0 Å². The summed E-state index contributed by atoms with van der Waals surface area (Å²) in [5.41, 5.74) is 3.21. The normalized spacial score (nSPS) is 11.7. The lowest BCUT2D eigenvalue weighted by Crippen LogP contribution is -2.43. The lowest BCUT2D eigenvalue weighted by Gasteiger charge is -2.31. The summed E-state index contributed by atoms with van der Waals surface area (Å²) in [5, 5.41) is 0. The van der Waals surface area contributed by atoms with Gasteiger partial charge in [0.1, 0.15) is 5.88 Å². The topological polar surface area (TPSA) is 29.5 Å². The summed E-state index contributed by atoms with van der Waals surface area (Å²) in [4.78, 5) is 14.0. The molecular weight excluding hydrogens is 294 g/mol. The number of carbonyl (C=O) groups is 1. The monoisotopic (exact) mass is 317 g/mol. The molecule has 114 valence electrons. The number of rotatable bonds is 6. The standard InChI is InChI=1S/C15H22ClNO2.H2S/c1-5-13-8-6-7-11(2)15(13)17(14(18)9-16)12(3)10-19-4;/h6-8,12H,5,9-10H2,1-4H3;1H2/t12-;/m0./s1. The Morgan fingerprint density at radius 3 is 2.60 bits per heavy atom. The molecule has 0 aliphatic carbocycles. The number of para-hydroxylation sites is 1. The molecule has 5 heteroatoms. The Bertz CT molecular complexity index is 440. The molecule has 0 bridgehead atoms. The zero-order chi connectivity index (χ0) is 14.4. The molecule has 0 unspecified atom stereocenters. The van der Waals surface area contributed by atoms with Gasteiger partial charge >= 0.3 is 0 Å². The molecule has 20 heavy (non-hydrogen) atoms. The maximum Gasteiger partial charge on any atom is 0.242 e. The molecule has 1 amide bonds. The minimum Gasteiger partial charge on any atom is -0.383 e. The van der Waals surface area contributed by atoms with E-state index in [0.717, 1.165) is 23.2 Å². The van der Waals surface area contributed by atoms with Crippen molar-refractivity contribution in [2.75, 3.05) is 24.5 Å². The molecule has 1 aromatic carbocycles. The van der Waals surface area contributed by atoms with E-state index < -0.39 is 0 Å². The summed E-state index contributed by atoms with van der Waals surface area (Å²) < 4.78 is 5.18. The molecule has 1 atom stereocenters. The molecule has 0 aliphatic rings. The summed E-state index contributed by atoms with van der Waals surface area (Å²) in [6.07, 6.45) is 0.878. The van der Waals surface area contributed by atoms with Crippen molar-refractivity contribution in [3.05, 3.63) is 29.3 Å². The Morgan fingerprint density at radius 2 is 2.10 bits per heavy atom. The molecule has 1 rings (SSSR count). The number of methoxy groups -OCH3 is 1. The Balaban J connectivity index is 0.00000361. The van der Waals surface area contributed by atoms with Gasteiger partial charge in [0.25, 0.3) is 0 Å². The Hall–Kier alpha value is -0.710. The first-order chi connectivity index (χ1) is 9.06. The summed E-state index contributed by atoms with van der Waals surface area (Å²) in [5.74, 6) is -0.110. The molecule has 0 spiro atoms. The molecule has 0 aliphatic heterocycles. The molecule has 3 nitrogen and oxygen atoms in total. The average molecular weight is 318 g/mol. The Kier molecular flexibility index (Phi) is 8.94. The Labute approximate surface area is 133 Å². The lowest BCUT2D eigenvalue weighted by atomic mass is 10.0. The number of benzene rings is 1. The fraction of sp³-hybridized carbons (Fsp3) is 0.533. The van der Waals surface area contributed by atoms with Crippen LogP contribution in [-0.4, -0.2) is 31.5 Å². The molecule has 0 N–H and O–H groups in total. The Morgan fingerprint density at radius 1 is 1.45 bits per heavy atom. The van der Waals surface area contributed by atoms with E-state index in [-0.39, 0.29) is 31.3 Å². The van der Waals surface area contributed by atoms with Crippen molar-refractivity contribution >= 4 is 36.7 Å².